The second-order valence-corrected chi connectivity index (χ2v) is 6.40. The SMILES string of the molecule is CCC(C(=O)N1CCN(C(=O)c2cccc(OC)c2)CC1)n1cccc1. The van der Waals surface area contributed by atoms with Crippen LogP contribution >= 0.6 is 0 Å². The smallest absolute Gasteiger partial charge is 0.254 e. The van der Waals surface area contributed by atoms with Crippen LogP contribution in [0.4, 0.5) is 0 Å². The second kappa shape index (κ2) is 8.08. The minimum Gasteiger partial charge on any atom is -0.497 e. The number of hydrogen-bond donors (Lipinski definition) is 0. The molecule has 138 valence electrons. The van der Waals surface area contributed by atoms with Crippen molar-refractivity contribution in [3.63, 3.8) is 0 Å². The summed E-state index contributed by atoms with van der Waals surface area (Å²) in [6.07, 6.45) is 4.60. The molecule has 0 saturated carbocycles. The van der Waals surface area contributed by atoms with Crippen LogP contribution in [0.15, 0.2) is 48.8 Å². The summed E-state index contributed by atoms with van der Waals surface area (Å²) in [6.45, 7) is 4.23. The molecule has 1 fully saturated rings. The molecule has 1 aliphatic heterocycles. The molecule has 6 heteroatoms. The largest absolute Gasteiger partial charge is 0.497 e. The number of methoxy groups -OCH3 is 1. The second-order valence-electron chi connectivity index (χ2n) is 6.40. The first kappa shape index (κ1) is 18.0. The Bertz CT molecular complexity index is 749. The van der Waals surface area contributed by atoms with Gasteiger partial charge in [-0.15, -0.1) is 0 Å². The lowest BCUT2D eigenvalue weighted by Crippen LogP contribution is -2.52. The Morgan fingerprint density at radius 1 is 1.04 bits per heavy atom. The number of ether oxygens (including phenoxy) is 1. The highest BCUT2D eigenvalue weighted by molar-refractivity contribution is 5.94. The molecular weight excluding hydrogens is 330 g/mol. The predicted octanol–water partition coefficient (Wildman–Crippen LogP) is 2.43. The van der Waals surface area contributed by atoms with E-state index in [0.29, 0.717) is 37.5 Å². The molecule has 0 aliphatic carbocycles. The average molecular weight is 355 g/mol. The third-order valence-corrected chi connectivity index (χ3v) is 4.85. The Morgan fingerprint density at radius 2 is 1.69 bits per heavy atom. The van der Waals surface area contributed by atoms with E-state index in [9.17, 15) is 9.59 Å². The van der Waals surface area contributed by atoms with Crippen molar-refractivity contribution < 1.29 is 14.3 Å². The van der Waals surface area contributed by atoms with Crippen molar-refractivity contribution in [2.45, 2.75) is 19.4 Å². The molecule has 0 N–H and O–H groups in total. The minimum atomic E-state index is -0.175. The number of aromatic nitrogens is 1. The molecule has 1 aliphatic rings. The summed E-state index contributed by atoms with van der Waals surface area (Å²) in [4.78, 5) is 29.2. The zero-order valence-corrected chi connectivity index (χ0v) is 15.3. The molecule has 2 amide bonds. The molecular formula is C20H25N3O3. The van der Waals surface area contributed by atoms with E-state index in [1.807, 2.05) is 53.0 Å². The molecule has 0 bridgehead atoms. The summed E-state index contributed by atoms with van der Waals surface area (Å²) in [6, 6.07) is 10.9. The van der Waals surface area contributed by atoms with Crippen molar-refractivity contribution in [2.24, 2.45) is 0 Å². The fraction of sp³-hybridized carbons (Fsp3) is 0.400. The molecule has 1 aromatic carbocycles. The Labute approximate surface area is 154 Å². The summed E-state index contributed by atoms with van der Waals surface area (Å²) in [5.74, 6) is 0.771. The molecule has 2 heterocycles. The first-order valence-electron chi connectivity index (χ1n) is 8.98. The van der Waals surface area contributed by atoms with Gasteiger partial charge >= 0.3 is 0 Å². The molecule has 3 rings (SSSR count). The summed E-state index contributed by atoms with van der Waals surface area (Å²) in [5, 5.41) is 0. The maximum Gasteiger partial charge on any atom is 0.254 e. The van der Waals surface area contributed by atoms with Gasteiger partial charge in [-0.25, -0.2) is 0 Å². The number of amides is 2. The van der Waals surface area contributed by atoms with Crippen LogP contribution < -0.4 is 4.74 Å². The molecule has 1 atom stereocenters. The highest BCUT2D eigenvalue weighted by Crippen LogP contribution is 2.19. The van der Waals surface area contributed by atoms with E-state index in [1.54, 1.807) is 24.1 Å². The van der Waals surface area contributed by atoms with Crippen LogP contribution in [-0.2, 0) is 4.79 Å². The standard InChI is InChI=1S/C20H25N3O3/c1-3-18(21-9-4-5-10-21)20(25)23-13-11-22(12-14-23)19(24)16-7-6-8-17(15-16)26-2/h4-10,15,18H,3,11-14H2,1-2H3. The molecule has 1 unspecified atom stereocenters. The highest BCUT2D eigenvalue weighted by atomic mass is 16.5. The van der Waals surface area contributed by atoms with Gasteiger partial charge in [-0.2, -0.15) is 0 Å². The van der Waals surface area contributed by atoms with Crippen molar-refractivity contribution in [3.8, 4) is 5.75 Å². The number of carbonyl (C=O) groups excluding carboxylic acids is 2. The predicted molar refractivity (Wildman–Crippen MR) is 99.2 cm³/mol. The first-order chi connectivity index (χ1) is 12.6. The summed E-state index contributed by atoms with van der Waals surface area (Å²) < 4.78 is 7.14. The van der Waals surface area contributed by atoms with Crippen molar-refractivity contribution in [3.05, 3.63) is 54.4 Å². The minimum absolute atomic E-state index is 0.0200. The third kappa shape index (κ3) is 3.74. The summed E-state index contributed by atoms with van der Waals surface area (Å²) in [5.41, 5.74) is 0.614. The van der Waals surface area contributed by atoms with Gasteiger partial charge in [0.15, 0.2) is 0 Å². The van der Waals surface area contributed by atoms with Gasteiger partial charge in [0.05, 0.1) is 7.11 Å². The van der Waals surface area contributed by atoms with Crippen LogP contribution in [0.1, 0.15) is 29.7 Å². The van der Waals surface area contributed by atoms with Crippen LogP contribution in [0.25, 0.3) is 0 Å². The van der Waals surface area contributed by atoms with Crippen molar-refractivity contribution >= 4 is 11.8 Å². The molecule has 1 aromatic heterocycles. The van der Waals surface area contributed by atoms with Gasteiger partial charge in [-0.3, -0.25) is 9.59 Å². The van der Waals surface area contributed by atoms with Crippen LogP contribution in [0.3, 0.4) is 0 Å². The van der Waals surface area contributed by atoms with Gasteiger partial charge in [-0.1, -0.05) is 13.0 Å². The Hall–Kier alpha value is -2.76. The van der Waals surface area contributed by atoms with Gasteiger partial charge in [0.25, 0.3) is 5.91 Å². The molecule has 1 saturated heterocycles. The van der Waals surface area contributed by atoms with Crippen LogP contribution in [0.5, 0.6) is 5.75 Å². The lowest BCUT2D eigenvalue weighted by Gasteiger charge is -2.36. The lowest BCUT2D eigenvalue weighted by atomic mass is 10.1. The van der Waals surface area contributed by atoms with Crippen molar-refractivity contribution in [1.82, 2.24) is 14.4 Å². The lowest BCUT2D eigenvalue weighted by molar-refractivity contribution is -0.136. The number of rotatable bonds is 5. The van der Waals surface area contributed by atoms with Crippen molar-refractivity contribution in [1.29, 1.82) is 0 Å². The Balaban J connectivity index is 1.61. The Kier molecular flexibility index (Phi) is 5.61. The van der Waals surface area contributed by atoms with Gasteiger partial charge in [0.1, 0.15) is 11.8 Å². The van der Waals surface area contributed by atoms with Crippen LogP contribution in [0.2, 0.25) is 0 Å². The quantitative estimate of drug-likeness (QED) is 0.828. The van der Waals surface area contributed by atoms with Crippen LogP contribution in [-0.4, -0.2) is 59.5 Å². The van der Waals surface area contributed by atoms with Gasteiger partial charge in [-0.05, 0) is 36.8 Å². The van der Waals surface area contributed by atoms with Gasteiger partial charge in [0.2, 0.25) is 5.91 Å². The number of benzene rings is 1. The summed E-state index contributed by atoms with van der Waals surface area (Å²) in [7, 11) is 1.59. The summed E-state index contributed by atoms with van der Waals surface area (Å²) >= 11 is 0. The number of piperazine rings is 1. The third-order valence-electron chi connectivity index (χ3n) is 4.85. The van der Waals surface area contributed by atoms with Crippen molar-refractivity contribution in [2.75, 3.05) is 33.3 Å². The monoisotopic (exact) mass is 355 g/mol. The molecule has 0 radical (unpaired) electrons. The van der Waals surface area contributed by atoms with Gasteiger partial charge < -0.3 is 19.1 Å². The fourth-order valence-corrected chi connectivity index (χ4v) is 3.35. The van der Waals surface area contributed by atoms with E-state index < -0.39 is 0 Å². The molecule has 2 aromatic rings. The Morgan fingerprint density at radius 3 is 2.31 bits per heavy atom. The van der Waals surface area contributed by atoms with E-state index in [-0.39, 0.29) is 17.9 Å². The molecule has 26 heavy (non-hydrogen) atoms. The normalized spacial score (nSPS) is 15.6. The average Bonchev–Trinajstić information content (AvgIpc) is 3.22. The zero-order chi connectivity index (χ0) is 18.5. The maximum absolute atomic E-state index is 12.8. The van der Waals surface area contributed by atoms with E-state index in [1.165, 1.54) is 0 Å². The number of hydrogen-bond acceptors (Lipinski definition) is 3. The van der Waals surface area contributed by atoms with E-state index in [2.05, 4.69) is 0 Å². The topological polar surface area (TPSA) is 54.8 Å². The van der Waals surface area contributed by atoms with E-state index in [4.69, 9.17) is 4.74 Å². The first-order valence-corrected chi connectivity index (χ1v) is 8.98. The van der Waals surface area contributed by atoms with E-state index >= 15 is 0 Å². The fourth-order valence-electron chi connectivity index (χ4n) is 3.35. The number of carbonyl (C=O) groups is 2. The van der Waals surface area contributed by atoms with E-state index in [0.717, 1.165) is 6.42 Å². The molecule has 6 nitrogen and oxygen atoms in total. The zero-order valence-electron chi connectivity index (χ0n) is 15.3. The van der Waals surface area contributed by atoms with Gasteiger partial charge in [0, 0.05) is 44.1 Å². The molecule has 0 spiro atoms. The number of nitrogens with zero attached hydrogens (tertiary/aromatic N) is 3. The highest BCUT2D eigenvalue weighted by Gasteiger charge is 2.29. The van der Waals surface area contributed by atoms with Crippen LogP contribution in [0, 0.1) is 0 Å². The maximum atomic E-state index is 12.8.